The van der Waals surface area contributed by atoms with E-state index in [-0.39, 0.29) is 10.6 Å². The van der Waals surface area contributed by atoms with E-state index < -0.39 is 0 Å². The monoisotopic (exact) mass is 377 g/mol. The van der Waals surface area contributed by atoms with Crippen LogP contribution < -0.4 is 0 Å². The molecule has 0 bridgehead atoms. The molecule has 2 heterocycles. The van der Waals surface area contributed by atoms with Gasteiger partial charge in [-0.25, -0.2) is 0 Å². The minimum absolute atomic E-state index is 0.113. The van der Waals surface area contributed by atoms with Crippen LogP contribution in [0.4, 0.5) is 5.69 Å². The normalized spacial score (nSPS) is 18.4. The minimum Gasteiger partial charge on any atom is -0.329 e. The number of likely N-dealkylation sites (tertiary alicyclic amines) is 1. The Bertz CT molecular complexity index is 782. The fourth-order valence-electron chi connectivity index (χ4n) is 3.34. The van der Waals surface area contributed by atoms with Crippen molar-refractivity contribution in [2.45, 2.75) is 45.2 Å². The Morgan fingerprint density at radius 2 is 2.04 bits per heavy atom. The molecule has 1 aromatic heterocycles. The highest BCUT2D eigenvalue weighted by Crippen LogP contribution is 2.28. The third kappa shape index (κ3) is 4.54. The highest BCUT2D eigenvalue weighted by molar-refractivity contribution is 7.73. The molecule has 0 radical (unpaired) electrons. The van der Waals surface area contributed by atoms with E-state index in [0.29, 0.717) is 6.04 Å². The molecule has 1 aliphatic rings. The van der Waals surface area contributed by atoms with Crippen LogP contribution in [0.5, 0.6) is 0 Å². The zero-order valence-corrected chi connectivity index (χ0v) is 16.0. The van der Waals surface area contributed by atoms with Gasteiger partial charge in [0.1, 0.15) is 0 Å². The van der Waals surface area contributed by atoms with Crippen molar-refractivity contribution >= 4 is 29.2 Å². The van der Waals surface area contributed by atoms with Gasteiger partial charge >= 0.3 is 0 Å². The zero-order valence-electron chi connectivity index (χ0n) is 14.4. The van der Waals surface area contributed by atoms with Crippen molar-refractivity contribution in [3.8, 4) is 10.4 Å². The molecule has 0 aliphatic carbocycles. The number of hydrogen-bond acceptors (Lipinski definition) is 5. The predicted molar refractivity (Wildman–Crippen MR) is 105 cm³/mol. The Hall–Kier alpha value is -1.57. The van der Waals surface area contributed by atoms with Crippen LogP contribution in [0.25, 0.3) is 10.4 Å². The van der Waals surface area contributed by atoms with Crippen molar-refractivity contribution in [2.24, 2.45) is 0 Å². The second-order valence-corrected chi connectivity index (χ2v) is 8.27. The van der Waals surface area contributed by atoms with Crippen molar-refractivity contribution in [3.05, 3.63) is 44.5 Å². The second kappa shape index (κ2) is 8.21. The first kappa shape index (κ1) is 18.2. The number of nitro benzene ring substituents is 1. The number of nitrogens with zero attached hydrogens (tertiary/aromatic N) is 3. The number of nitro groups is 1. The Morgan fingerprint density at radius 3 is 2.72 bits per heavy atom. The van der Waals surface area contributed by atoms with Crippen LogP contribution in [-0.4, -0.2) is 33.5 Å². The zero-order chi connectivity index (χ0) is 17.8. The summed E-state index contributed by atoms with van der Waals surface area (Å²) in [4.78, 5) is 14.0. The Labute approximate surface area is 157 Å². The van der Waals surface area contributed by atoms with Gasteiger partial charge in [-0.1, -0.05) is 6.42 Å². The van der Waals surface area contributed by atoms with Gasteiger partial charge < -0.3 is 9.47 Å². The fraction of sp³-hybridized carbons (Fsp3) is 0.500. The second-order valence-electron chi connectivity index (χ2n) is 6.59. The molecule has 1 atom stereocenters. The number of aromatic nitrogens is 1. The first-order valence-corrected chi connectivity index (χ1v) is 9.96. The molecule has 2 aromatic rings. The van der Waals surface area contributed by atoms with Crippen LogP contribution in [-0.2, 0) is 6.54 Å². The third-order valence-electron chi connectivity index (χ3n) is 4.85. The van der Waals surface area contributed by atoms with Crippen molar-refractivity contribution in [2.75, 3.05) is 13.1 Å². The van der Waals surface area contributed by atoms with Crippen LogP contribution in [0.2, 0.25) is 0 Å². The third-order valence-corrected chi connectivity index (χ3v) is 6.31. The molecule has 5 nitrogen and oxygen atoms in total. The van der Waals surface area contributed by atoms with Crippen molar-refractivity contribution in [3.63, 3.8) is 0 Å². The Morgan fingerprint density at radius 1 is 1.28 bits per heavy atom. The van der Waals surface area contributed by atoms with Crippen LogP contribution >= 0.6 is 23.6 Å². The summed E-state index contributed by atoms with van der Waals surface area (Å²) in [5.74, 6) is 0. The van der Waals surface area contributed by atoms with Crippen LogP contribution in [0, 0.1) is 14.1 Å². The van der Waals surface area contributed by atoms with Gasteiger partial charge in [0.15, 0.2) is 3.95 Å². The van der Waals surface area contributed by atoms with E-state index in [1.165, 1.54) is 25.8 Å². The lowest BCUT2D eigenvalue weighted by molar-refractivity contribution is -0.384. The summed E-state index contributed by atoms with van der Waals surface area (Å²) in [5, 5.41) is 10.8. The summed E-state index contributed by atoms with van der Waals surface area (Å²) in [6, 6.07) is 7.36. The quantitative estimate of drug-likeness (QED) is 0.398. The SMILES string of the molecule is C[C@@H]1CCCCN1CCCn1cc(-c2ccc([N+](=O)[O-])cc2)sc1=S. The lowest BCUT2D eigenvalue weighted by Gasteiger charge is -2.33. The number of hydrogen-bond donors (Lipinski definition) is 0. The molecule has 0 N–H and O–H groups in total. The van der Waals surface area contributed by atoms with Gasteiger partial charge in [0.2, 0.25) is 0 Å². The van der Waals surface area contributed by atoms with Gasteiger partial charge in [-0.15, -0.1) is 11.3 Å². The maximum absolute atomic E-state index is 10.8. The summed E-state index contributed by atoms with van der Waals surface area (Å²) in [5.41, 5.74) is 1.09. The largest absolute Gasteiger partial charge is 0.329 e. The molecule has 0 saturated carbocycles. The Balaban J connectivity index is 1.62. The van der Waals surface area contributed by atoms with Gasteiger partial charge in [-0.2, -0.15) is 0 Å². The van der Waals surface area contributed by atoms with Gasteiger partial charge in [0, 0.05) is 37.5 Å². The summed E-state index contributed by atoms with van der Waals surface area (Å²) >= 11 is 7.06. The molecule has 0 spiro atoms. The maximum Gasteiger partial charge on any atom is 0.269 e. The summed E-state index contributed by atoms with van der Waals surface area (Å²) in [7, 11) is 0. The molecule has 7 heteroatoms. The first-order chi connectivity index (χ1) is 12.0. The standard InChI is InChI=1S/C18H23N3O2S2/c1-14-5-2-3-10-19(14)11-4-12-20-13-17(25-18(20)24)15-6-8-16(9-7-15)21(22)23/h6-9,13-14H,2-5,10-12H2,1H3/t14-/m1/s1. The molecule has 1 aliphatic heterocycles. The number of thiazole rings is 1. The molecule has 0 amide bonds. The molecule has 1 saturated heterocycles. The van der Waals surface area contributed by atoms with E-state index in [4.69, 9.17) is 12.2 Å². The number of piperidine rings is 1. The highest BCUT2D eigenvalue weighted by atomic mass is 32.1. The lowest BCUT2D eigenvalue weighted by atomic mass is 10.0. The molecule has 3 rings (SSSR count). The number of benzene rings is 1. The van der Waals surface area contributed by atoms with E-state index in [0.717, 1.165) is 33.9 Å². The summed E-state index contributed by atoms with van der Waals surface area (Å²) < 4.78 is 2.99. The summed E-state index contributed by atoms with van der Waals surface area (Å²) in [6.45, 7) is 5.57. The molecular weight excluding hydrogens is 354 g/mol. The smallest absolute Gasteiger partial charge is 0.269 e. The lowest BCUT2D eigenvalue weighted by Crippen LogP contribution is -2.38. The van der Waals surface area contributed by atoms with Crippen LogP contribution in [0.15, 0.2) is 30.5 Å². The molecule has 1 fully saturated rings. The van der Waals surface area contributed by atoms with Crippen molar-refractivity contribution in [1.29, 1.82) is 0 Å². The number of rotatable bonds is 6. The van der Waals surface area contributed by atoms with E-state index in [1.807, 2.05) is 0 Å². The molecule has 1 aromatic carbocycles. The summed E-state index contributed by atoms with van der Waals surface area (Å²) in [6.07, 6.45) is 7.14. The average Bonchev–Trinajstić information content (AvgIpc) is 2.98. The number of non-ortho nitro benzene ring substituents is 1. The average molecular weight is 378 g/mol. The molecule has 25 heavy (non-hydrogen) atoms. The maximum atomic E-state index is 10.8. The number of aryl methyl sites for hydroxylation is 1. The minimum atomic E-state index is -0.377. The molecule has 134 valence electrons. The van der Waals surface area contributed by atoms with E-state index in [9.17, 15) is 10.1 Å². The predicted octanol–water partition coefficient (Wildman–Crippen LogP) is 5.12. The van der Waals surface area contributed by atoms with Gasteiger partial charge in [-0.05, 0) is 62.6 Å². The molecule has 0 unspecified atom stereocenters. The van der Waals surface area contributed by atoms with Gasteiger partial charge in [-0.3, -0.25) is 10.1 Å². The topological polar surface area (TPSA) is 51.3 Å². The Kier molecular flexibility index (Phi) is 5.98. The van der Waals surface area contributed by atoms with E-state index >= 15 is 0 Å². The van der Waals surface area contributed by atoms with Gasteiger partial charge in [0.05, 0.1) is 9.80 Å². The van der Waals surface area contributed by atoms with Crippen molar-refractivity contribution in [1.82, 2.24) is 9.47 Å². The van der Waals surface area contributed by atoms with Gasteiger partial charge in [0.25, 0.3) is 5.69 Å². The highest BCUT2D eigenvalue weighted by Gasteiger charge is 2.17. The van der Waals surface area contributed by atoms with Crippen LogP contribution in [0.3, 0.4) is 0 Å². The fourth-order valence-corrected chi connectivity index (χ4v) is 4.64. The molecular formula is C18H23N3O2S2. The van der Waals surface area contributed by atoms with Crippen molar-refractivity contribution < 1.29 is 4.92 Å². The van der Waals surface area contributed by atoms with E-state index in [2.05, 4.69) is 22.6 Å². The first-order valence-electron chi connectivity index (χ1n) is 8.74. The van der Waals surface area contributed by atoms with Crippen LogP contribution in [0.1, 0.15) is 32.6 Å². The van der Waals surface area contributed by atoms with E-state index in [1.54, 1.807) is 35.6 Å².